The third kappa shape index (κ3) is 2.47. The van der Waals surface area contributed by atoms with Crippen LogP contribution in [-0.2, 0) is 9.53 Å². The monoisotopic (exact) mass is 370 g/mol. The molecule has 26 heavy (non-hydrogen) atoms. The van der Waals surface area contributed by atoms with E-state index in [-0.39, 0.29) is 23.2 Å². The highest BCUT2D eigenvalue weighted by atomic mass is 32.1. The van der Waals surface area contributed by atoms with Crippen LogP contribution in [0.4, 0.5) is 0 Å². The van der Waals surface area contributed by atoms with Gasteiger partial charge in [-0.25, -0.2) is 4.98 Å². The number of hydrogen-bond donors (Lipinski definition) is 0. The third-order valence-corrected chi connectivity index (χ3v) is 6.77. The molecule has 2 aromatic rings. The topological polar surface area (TPSA) is 59.5 Å². The minimum Gasteiger partial charge on any atom is -0.469 e. The van der Waals surface area contributed by atoms with Gasteiger partial charge in [-0.1, -0.05) is 44.2 Å². The Balaban J connectivity index is 1.57. The Kier molecular flexibility index (Phi) is 3.91. The summed E-state index contributed by atoms with van der Waals surface area (Å²) in [6, 6.07) is 9.84. The molecular weight excluding hydrogens is 348 g/mol. The Morgan fingerprint density at radius 2 is 2.00 bits per heavy atom. The molecule has 2 fully saturated rings. The maximum atomic E-state index is 13.0. The van der Waals surface area contributed by atoms with Gasteiger partial charge in [0.05, 0.1) is 12.5 Å². The number of benzene rings is 1. The van der Waals surface area contributed by atoms with Crippen LogP contribution < -0.4 is 0 Å². The quantitative estimate of drug-likeness (QED) is 0.776. The van der Waals surface area contributed by atoms with Crippen molar-refractivity contribution < 1.29 is 14.3 Å². The molecule has 1 aliphatic heterocycles. The first-order valence-corrected chi connectivity index (χ1v) is 9.64. The fraction of sp³-hybridized carbons (Fsp3) is 0.450. The minimum absolute atomic E-state index is 0.0422. The minimum atomic E-state index is -0.549. The van der Waals surface area contributed by atoms with E-state index >= 15 is 0 Å². The molecule has 4 rings (SSSR count). The van der Waals surface area contributed by atoms with E-state index in [0.717, 1.165) is 17.0 Å². The molecule has 2 aliphatic rings. The van der Waals surface area contributed by atoms with E-state index in [9.17, 15) is 9.59 Å². The lowest BCUT2D eigenvalue weighted by Crippen LogP contribution is -2.57. The zero-order chi connectivity index (χ0) is 18.5. The summed E-state index contributed by atoms with van der Waals surface area (Å²) in [4.78, 5) is 31.7. The summed E-state index contributed by atoms with van der Waals surface area (Å²) < 4.78 is 5.06. The van der Waals surface area contributed by atoms with Crippen LogP contribution in [0.5, 0.6) is 0 Å². The number of carbonyl (C=O) groups is 2. The van der Waals surface area contributed by atoms with Crippen molar-refractivity contribution in [2.75, 3.05) is 20.2 Å². The number of fused-ring (bicyclic) bond motifs is 1. The highest BCUT2D eigenvalue weighted by Crippen LogP contribution is 2.63. The fourth-order valence-corrected chi connectivity index (χ4v) is 5.57. The van der Waals surface area contributed by atoms with Gasteiger partial charge in [-0.05, 0) is 17.8 Å². The van der Waals surface area contributed by atoms with Crippen molar-refractivity contribution >= 4 is 23.2 Å². The van der Waals surface area contributed by atoms with E-state index in [1.54, 1.807) is 10.3 Å². The van der Waals surface area contributed by atoms with Gasteiger partial charge in [0, 0.05) is 24.0 Å². The molecule has 2 atom stereocenters. The van der Waals surface area contributed by atoms with Crippen LogP contribution in [0.15, 0.2) is 35.7 Å². The SMILES string of the molecule is COC(=O)[C@@]12CN(C(=O)c3csc(-c4ccccc4)n3)C[C@@H]1C(C)(C)C2. The lowest BCUT2D eigenvalue weighted by Gasteiger charge is -2.54. The maximum Gasteiger partial charge on any atom is 0.314 e. The smallest absolute Gasteiger partial charge is 0.314 e. The first-order chi connectivity index (χ1) is 12.4. The number of hydrogen-bond acceptors (Lipinski definition) is 5. The molecular formula is C20H22N2O3S. The van der Waals surface area contributed by atoms with Gasteiger partial charge in [-0.3, -0.25) is 9.59 Å². The number of esters is 1. The van der Waals surface area contributed by atoms with Crippen molar-refractivity contribution in [3.05, 3.63) is 41.4 Å². The van der Waals surface area contributed by atoms with E-state index in [1.165, 1.54) is 18.4 Å². The zero-order valence-electron chi connectivity index (χ0n) is 15.2. The van der Waals surface area contributed by atoms with E-state index in [4.69, 9.17) is 4.74 Å². The summed E-state index contributed by atoms with van der Waals surface area (Å²) in [5.41, 5.74) is 0.949. The lowest BCUT2D eigenvalue weighted by atomic mass is 9.48. The largest absolute Gasteiger partial charge is 0.469 e. The van der Waals surface area contributed by atoms with Gasteiger partial charge in [0.2, 0.25) is 0 Å². The van der Waals surface area contributed by atoms with E-state index in [1.807, 2.05) is 30.3 Å². The second kappa shape index (κ2) is 5.91. The Bertz CT molecular complexity index is 861. The third-order valence-electron chi connectivity index (χ3n) is 5.88. The standard InChI is InChI=1S/C20H22N2O3S/c1-19(2)11-20(18(24)25-3)12-22(9-15(19)20)17(23)14-10-26-16(21-14)13-7-5-4-6-8-13/h4-8,10,15H,9,11-12H2,1-3H3/t15-,20+/m1/s1. The molecule has 2 heterocycles. The lowest BCUT2D eigenvalue weighted by molar-refractivity contribution is -0.174. The first kappa shape index (κ1) is 17.2. The number of thiazole rings is 1. The number of amides is 1. The predicted molar refractivity (Wildman–Crippen MR) is 99.8 cm³/mol. The maximum absolute atomic E-state index is 13.0. The molecule has 1 aromatic carbocycles. The second-order valence-corrected chi connectivity index (χ2v) is 8.81. The van der Waals surface area contributed by atoms with Crippen molar-refractivity contribution in [2.45, 2.75) is 20.3 Å². The Morgan fingerprint density at radius 3 is 2.65 bits per heavy atom. The molecule has 1 saturated heterocycles. The summed E-state index contributed by atoms with van der Waals surface area (Å²) in [5.74, 6) is -0.157. The Morgan fingerprint density at radius 1 is 1.27 bits per heavy atom. The van der Waals surface area contributed by atoms with Crippen molar-refractivity contribution in [1.82, 2.24) is 9.88 Å². The number of carbonyl (C=O) groups excluding carboxylic acids is 2. The van der Waals surface area contributed by atoms with Crippen LogP contribution in [0.1, 0.15) is 30.8 Å². The molecule has 136 valence electrons. The van der Waals surface area contributed by atoms with Gasteiger partial charge in [0.1, 0.15) is 10.7 Å². The summed E-state index contributed by atoms with van der Waals surface area (Å²) in [7, 11) is 1.43. The average Bonchev–Trinajstić information content (AvgIpc) is 3.25. The predicted octanol–water partition coefficient (Wildman–Crippen LogP) is 3.47. The zero-order valence-corrected chi connectivity index (χ0v) is 16.0. The van der Waals surface area contributed by atoms with E-state index in [2.05, 4.69) is 18.8 Å². The van der Waals surface area contributed by atoms with Gasteiger partial charge in [-0.2, -0.15) is 0 Å². The number of likely N-dealkylation sites (tertiary alicyclic amines) is 1. The average molecular weight is 370 g/mol. The highest BCUT2D eigenvalue weighted by molar-refractivity contribution is 7.13. The van der Waals surface area contributed by atoms with E-state index in [0.29, 0.717) is 18.8 Å². The molecule has 0 spiro atoms. The van der Waals surface area contributed by atoms with Crippen molar-refractivity contribution in [2.24, 2.45) is 16.7 Å². The van der Waals surface area contributed by atoms with Crippen LogP contribution in [-0.4, -0.2) is 42.0 Å². The van der Waals surface area contributed by atoms with Crippen LogP contribution in [0.3, 0.4) is 0 Å². The van der Waals surface area contributed by atoms with Crippen LogP contribution in [0, 0.1) is 16.7 Å². The summed E-state index contributed by atoms with van der Waals surface area (Å²) in [6.45, 7) is 5.32. The molecule has 1 aromatic heterocycles. The molecule has 1 aliphatic carbocycles. The van der Waals surface area contributed by atoms with Crippen LogP contribution in [0.2, 0.25) is 0 Å². The molecule has 1 amide bonds. The first-order valence-electron chi connectivity index (χ1n) is 8.76. The molecule has 0 unspecified atom stereocenters. The molecule has 0 N–H and O–H groups in total. The van der Waals surface area contributed by atoms with Gasteiger partial charge in [0.15, 0.2) is 0 Å². The molecule has 0 radical (unpaired) electrons. The second-order valence-electron chi connectivity index (χ2n) is 7.96. The summed E-state index contributed by atoms with van der Waals surface area (Å²) >= 11 is 1.47. The molecule has 5 nitrogen and oxygen atoms in total. The van der Waals surface area contributed by atoms with E-state index < -0.39 is 5.41 Å². The van der Waals surface area contributed by atoms with Gasteiger partial charge < -0.3 is 9.64 Å². The Hall–Kier alpha value is -2.21. The van der Waals surface area contributed by atoms with Gasteiger partial charge >= 0.3 is 5.97 Å². The van der Waals surface area contributed by atoms with Crippen LogP contribution >= 0.6 is 11.3 Å². The van der Waals surface area contributed by atoms with Crippen molar-refractivity contribution in [3.63, 3.8) is 0 Å². The van der Waals surface area contributed by atoms with Crippen LogP contribution in [0.25, 0.3) is 10.6 Å². The number of nitrogens with zero attached hydrogens (tertiary/aromatic N) is 2. The fourth-order valence-electron chi connectivity index (χ4n) is 4.77. The number of aromatic nitrogens is 1. The van der Waals surface area contributed by atoms with Crippen molar-refractivity contribution in [1.29, 1.82) is 0 Å². The Labute approximate surface area is 157 Å². The van der Waals surface area contributed by atoms with Crippen molar-refractivity contribution in [3.8, 4) is 10.6 Å². The molecule has 6 heteroatoms. The number of rotatable bonds is 3. The molecule has 0 bridgehead atoms. The number of ether oxygens (including phenoxy) is 1. The normalized spacial score (nSPS) is 26.1. The molecule has 1 saturated carbocycles. The summed E-state index contributed by atoms with van der Waals surface area (Å²) in [5, 5.41) is 2.64. The summed E-state index contributed by atoms with van der Waals surface area (Å²) in [6.07, 6.45) is 0.757. The van der Waals surface area contributed by atoms with Gasteiger partial charge in [-0.15, -0.1) is 11.3 Å². The number of methoxy groups -OCH3 is 1. The highest BCUT2D eigenvalue weighted by Gasteiger charge is 2.68. The van der Waals surface area contributed by atoms with Gasteiger partial charge in [0.25, 0.3) is 5.91 Å².